The maximum atomic E-state index is 12.4. The fourth-order valence-electron chi connectivity index (χ4n) is 3.42. The molecule has 6 nitrogen and oxygen atoms in total. The number of rotatable bonds is 6. The Labute approximate surface area is 157 Å². The second kappa shape index (κ2) is 7.31. The number of amides is 1. The minimum absolute atomic E-state index is 0.00180. The largest absolute Gasteiger partial charge is 0.486 e. The number of hydrogen-bond acceptors (Lipinski definition) is 4. The third kappa shape index (κ3) is 3.89. The van der Waals surface area contributed by atoms with E-state index in [0.717, 1.165) is 29.0 Å². The molecule has 1 aliphatic heterocycles. The van der Waals surface area contributed by atoms with Crippen LogP contribution >= 0.6 is 0 Å². The highest BCUT2D eigenvalue weighted by atomic mass is 16.6. The molecule has 1 fully saturated rings. The molecule has 0 spiro atoms. The number of carbonyl (C=O) groups is 2. The Morgan fingerprint density at radius 1 is 1.04 bits per heavy atom. The van der Waals surface area contributed by atoms with Gasteiger partial charge in [0.05, 0.1) is 5.56 Å². The number of nitrogens with one attached hydrogen (secondary N) is 1. The minimum Gasteiger partial charge on any atom is -0.486 e. The number of carboxylic acids is 1. The zero-order chi connectivity index (χ0) is 18.8. The third-order valence-electron chi connectivity index (χ3n) is 5.04. The molecule has 1 heterocycles. The summed E-state index contributed by atoms with van der Waals surface area (Å²) in [5, 5.41) is 11.9. The second-order valence-corrected chi connectivity index (χ2v) is 6.89. The van der Waals surface area contributed by atoms with Crippen molar-refractivity contribution in [3.63, 3.8) is 0 Å². The van der Waals surface area contributed by atoms with Crippen molar-refractivity contribution >= 4 is 11.9 Å². The molecule has 0 bridgehead atoms. The van der Waals surface area contributed by atoms with Crippen molar-refractivity contribution in [2.24, 2.45) is 5.92 Å². The molecule has 0 unspecified atom stereocenters. The molecule has 1 aliphatic carbocycles. The average Bonchev–Trinajstić information content (AvgIpc) is 3.49. The van der Waals surface area contributed by atoms with Crippen LogP contribution < -0.4 is 14.8 Å². The summed E-state index contributed by atoms with van der Waals surface area (Å²) in [4.78, 5) is 23.2. The summed E-state index contributed by atoms with van der Waals surface area (Å²) in [6, 6.07) is 12.6. The number of hydrogen-bond donors (Lipinski definition) is 2. The Bertz CT molecular complexity index is 861. The fraction of sp³-hybridized carbons (Fsp3) is 0.333. The number of benzene rings is 2. The molecule has 2 atom stereocenters. The molecule has 2 N–H and O–H groups in total. The molecular formula is C21H21NO5. The van der Waals surface area contributed by atoms with Crippen molar-refractivity contribution in [1.82, 2.24) is 5.32 Å². The maximum Gasteiger partial charge on any atom is 0.335 e. The van der Waals surface area contributed by atoms with Gasteiger partial charge in [-0.3, -0.25) is 4.79 Å². The van der Waals surface area contributed by atoms with E-state index in [4.69, 9.17) is 14.6 Å². The van der Waals surface area contributed by atoms with Gasteiger partial charge in [0.1, 0.15) is 13.2 Å². The summed E-state index contributed by atoms with van der Waals surface area (Å²) in [6.45, 7) is 1.66. The van der Waals surface area contributed by atoms with Crippen LogP contribution in [0.15, 0.2) is 42.5 Å². The fourth-order valence-corrected chi connectivity index (χ4v) is 3.42. The van der Waals surface area contributed by atoms with Gasteiger partial charge in [0, 0.05) is 12.5 Å². The highest BCUT2D eigenvalue weighted by Gasteiger charge is 2.44. The van der Waals surface area contributed by atoms with E-state index < -0.39 is 5.97 Å². The van der Waals surface area contributed by atoms with E-state index >= 15 is 0 Å². The SMILES string of the molecule is O=C(O)c1ccc(CCNC(=O)[C@H]2C[C@H]2c2ccc3c(c2)OCCO3)cc1. The molecule has 0 saturated heterocycles. The van der Waals surface area contributed by atoms with Crippen LogP contribution in [0.4, 0.5) is 0 Å². The maximum absolute atomic E-state index is 12.4. The molecule has 27 heavy (non-hydrogen) atoms. The van der Waals surface area contributed by atoms with E-state index in [-0.39, 0.29) is 23.3 Å². The van der Waals surface area contributed by atoms with Crippen LogP contribution in [-0.2, 0) is 11.2 Å². The number of ether oxygens (including phenoxy) is 2. The molecule has 2 aromatic carbocycles. The summed E-state index contributed by atoms with van der Waals surface area (Å²) < 4.78 is 11.1. The number of carboxylic acid groups (broad SMARTS) is 1. The Kier molecular flexibility index (Phi) is 4.71. The van der Waals surface area contributed by atoms with Gasteiger partial charge in [-0.25, -0.2) is 4.79 Å². The molecule has 2 aromatic rings. The van der Waals surface area contributed by atoms with Crippen LogP contribution in [0.3, 0.4) is 0 Å². The quantitative estimate of drug-likeness (QED) is 0.820. The standard InChI is InChI=1S/C21H21NO5/c23-20(22-8-7-13-1-3-14(4-2-13)21(24)25)17-12-16(17)15-5-6-18-19(11-15)27-10-9-26-18/h1-6,11,16-17H,7-10,12H2,(H,22,23)(H,24,25)/t16-,17-/m0/s1. The van der Waals surface area contributed by atoms with Gasteiger partial charge in [0.25, 0.3) is 0 Å². The van der Waals surface area contributed by atoms with Gasteiger partial charge < -0.3 is 19.9 Å². The third-order valence-corrected chi connectivity index (χ3v) is 5.04. The van der Waals surface area contributed by atoms with Gasteiger partial charge in [-0.1, -0.05) is 18.2 Å². The highest BCUT2D eigenvalue weighted by Crippen LogP contribution is 2.49. The summed E-state index contributed by atoms with van der Waals surface area (Å²) in [5.41, 5.74) is 2.38. The Morgan fingerprint density at radius 3 is 2.52 bits per heavy atom. The first-order chi connectivity index (χ1) is 13.1. The second-order valence-electron chi connectivity index (χ2n) is 6.89. The van der Waals surface area contributed by atoms with Crippen molar-refractivity contribution in [2.45, 2.75) is 18.8 Å². The van der Waals surface area contributed by atoms with Crippen molar-refractivity contribution in [3.05, 3.63) is 59.2 Å². The number of carbonyl (C=O) groups excluding carboxylic acids is 1. The van der Waals surface area contributed by atoms with E-state index in [9.17, 15) is 9.59 Å². The molecular weight excluding hydrogens is 346 g/mol. The van der Waals surface area contributed by atoms with Crippen LogP contribution in [0.25, 0.3) is 0 Å². The molecule has 2 aliphatic rings. The molecule has 1 saturated carbocycles. The van der Waals surface area contributed by atoms with Crippen LogP contribution in [0, 0.1) is 5.92 Å². The predicted octanol–water partition coefficient (Wildman–Crippen LogP) is 2.62. The van der Waals surface area contributed by atoms with Crippen molar-refractivity contribution in [3.8, 4) is 11.5 Å². The first-order valence-corrected chi connectivity index (χ1v) is 9.11. The average molecular weight is 367 g/mol. The summed E-state index contributed by atoms with van der Waals surface area (Å²) in [6.07, 6.45) is 1.52. The van der Waals surface area contributed by atoms with Gasteiger partial charge in [-0.05, 0) is 54.2 Å². The topological polar surface area (TPSA) is 84.9 Å². The van der Waals surface area contributed by atoms with Gasteiger partial charge in [0.15, 0.2) is 11.5 Å². The predicted molar refractivity (Wildman–Crippen MR) is 98.4 cm³/mol. The van der Waals surface area contributed by atoms with Gasteiger partial charge in [-0.15, -0.1) is 0 Å². The molecule has 4 rings (SSSR count). The normalized spacial score (nSPS) is 20.0. The minimum atomic E-state index is -0.936. The van der Waals surface area contributed by atoms with Crippen molar-refractivity contribution in [2.75, 3.05) is 19.8 Å². The first-order valence-electron chi connectivity index (χ1n) is 9.11. The van der Waals surface area contributed by atoms with Crippen LogP contribution in [0.1, 0.15) is 33.8 Å². The van der Waals surface area contributed by atoms with E-state index in [0.29, 0.717) is 26.2 Å². The van der Waals surface area contributed by atoms with Gasteiger partial charge in [0.2, 0.25) is 5.91 Å². The van der Waals surface area contributed by atoms with Crippen molar-refractivity contribution in [1.29, 1.82) is 0 Å². The van der Waals surface area contributed by atoms with E-state index in [1.807, 2.05) is 18.2 Å². The molecule has 140 valence electrons. The molecule has 0 radical (unpaired) electrons. The highest BCUT2D eigenvalue weighted by molar-refractivity contribution is 5.87. The van der Waals surface area contributed by atoms with Crippen LogP contribution in [-0.4, -0.2) is 36.7 Å². The molecule has 1 amide bonds. The first kappa shape index (κ1) is 17.4. The van der Waals surface area contributed by atoms with E-state index in [1.165, 1.54) is 0 Å². The lowest BCUT2D eigenvalue weighted by atomic mass is 10.1. The lowest BCUT2D eigenvalue weighted by Gasteiger charge is -2.18. The smallest absolute Gasteiger partial charge is 0.335 e. The monoisotopic (exact) mass is 367 g/mol. The van der Waals surface area contributed by atoms with Crippen LogP contribution in [0.5, 0.6) is 11.5 Å². The lowest BCUT2D eigenvalue weighted by Crippen LogP contribution is -2.27. The van der Waals surface area contributed by atoms with Crippen molar-refractivity contribution < 1.29 is 24.2 Å². The Hall–Kier alpha value is -3.02. The number of fused-ring (bicyclic) bond motifs is 1. The van der Waals surface area contributed by atoms with Gasteiger partial charge in [-0.2, -0.15) is 0 Å². The summed E-state index contributed by atoms with van der Waals surface area (Å²) in [5.74, 6) is 0.888. The Balaban J connectivity index is 1.27. The van der Waals surface area contributed by atoms with E-state index in [1.54, 1.807) is 24.3 Å². The van der Waals surface area contributed by atoms with Gasteiger partial charge >= 0.3 is 5.97 Å². The summed E-state index contributed by atoms with van der Waals surface area (Å²) >= 11 is 0. The van der Waals surface area contributed by atoms with E-state index in [2.05, 4.69) is 5.32 Å². The molecule has 0 aromatic heterocycles. The zero-order valence-electron chi connectivity index (χ0n) is 14.8. The van der Waals surface area contributed by atoms with Crippen LogP contribution in [0.2, 0.25) is 0 Å². The lowest BCUT2D eigenvalue weighted by molar-refractivity contribution is -0.122. The molecule has 6 heteroatoms. The number of aromatic carboxylic acids is 1. The Morgan fingerprint density at radius 2 is 1.78 bits per heavy atom. The summed E-state index contributed by atoms with van der Waals surface area (Å²) in [7, 11) is 0. The zero-order valence-corrected chi connectivity index (χ0v) is 14.8.